The Morgan fingerprint density at radius 1 is 1.31 bits per heavy atom. The molecule has 0 saturated heterocycles. The average Bonchev–Trinajstić information content (AvgIpc) is 2.20. The molecule has 0 spiro atoms. The number of allylic oxidation sites excluding steroid dienone is 1. The van der Waals surface area contributed by atoms with Crippen molar-refractivity contribution in [1.82, 2.24) is 5.32 Å². The van der Waals surface area contributed by atoms with Crippen LogP contribution in [0.2, 0.25) is 0 Å². The number of nitrogens with one attached hydrogen (secondary N) is 1. The zero-order valence-electron chi connectivity index (χ0n) is 7.66. The molecule has 0 amide bonds. The van der Waals surface area contributed by atoms with Crippen LogP contribution in [0.4, 0.5) is 0 Å². The van der Waals surface area contributed by atoms with Crippen molar-refractivity contribution in [3.8, 4) is 0 Å². The highest BCUT2D eigenvalue weighted by molar-refractivity contribution is 5.19. The van der Waals surface area contributed by atoms with Crippen molar-refractivity contribution < 1.29 is 4.74 Å². The SMILES string of the molecule is CC1=COC(c2ccccc2)CN1. The van der Waals surface area contributed by atoms with E-state index in [-0.39, 0.29) is 6.10 Å². The molecule has 1 N–H and O–H groups in total. The van der Waals surface area contributed by atoms with Gasteiger partial charge in [0.05, 0.1) is 6.54 Å². The molecule has 68 valence electrons. The number of hydrogen-bond donors (Lipinski definition) is 1. The van der Waals surface area contributed by atoms with Gasteiger partial charge in [-0.3, -0.25) is 0 Å². The molecule has 1 aromatic carbocycles. The smallest absolute Gasteiger partial charge is 0.140 e. The van der Waals surface area contributed by atoms with Crippen LogP contribution in [0.25, 0.3) is 0 Å². The van der Waals surface area contributed by atoms with Gasteiger partial charge in [-0.05, 0) is 12.5 Å². The van der Waals surface area contributed by atoms with E-state index in [2.05, 4.69) is 17.4 Å². The molecule has 1 aromatic rings. The summed E-state index contributed by atoms with van der Waals surface area (Å²) in [6.07, 6.45) is 1.94. The van der Waals surface area contributed by atoms with E-state index in [4.69, 9.17) is 4.74 Å². The number of hydrogen-bond acceptors (Lipinski definition) is 2. The lowest BCUT2D eigenvalue weighted by molar-refractivity contribution is 0.128. The van der Waals surface area contributed by atoms with Crippen LogP contribution in [0.1, 0.15) is 18.6 Å². The minimum Gasteiger partial charge on any atom is -0.490 e. The Hall–Kier alpha value is -1.44. The van der Waals surface area contributed by atoms with Crippen molar-refractivity contribution in [2.24, 2.45) is 0 Å². The third-order valence-electron chi connectivity index (χ3n) is 2.15. The van der Waals surface area contributed by atoms with Gasteiger partial charge in [0.15, 0.2) is 0 Å². The van der Waals surface area contributed by atoms with Crippen LogP contribution in [-0.2, 0) is 4.74 Å². The minimum absolute atomic E-state index is 0.157. The molecular weight excluding hydrogens is 162 g/mol. The second kappa shape index (κ2) is 3.52. The van der Waals surface area contributed by atoms with E-state index in [9.17, 15) is 0 Å². The highest BCUT2D eigenvalue weighted by Crippen LogP contribution is 2.19. The lowest BCUT2D eigenvalue weighted by Crippen LogP contribution is -2.25. The first kappa shape index (κ1) is 8.17. The van der Waals surface area contributed by atoms with Gasteiger partial charge in [-0.1, -0.05) is 30.3 Å². The molecule has 0 bridgehead atoms. The predicted octanol–water partition coefficient (Wildman–Crippen LogP) is 2.21. The van der Waals surface area contributed by atoms with Crippen molar-refractivity contribution in [2.75, 3.05) is 6.54 Å². The predicted molar refractivity (Wildman–Crippen MR) is 52.0 cm³/mol. The highest BCUT2D eigenvalue weighted by Gasteiger charge is 2.14. The van der Waals surface area contributed by atoms with Gasteiger partial charge in [0.2, 0.25) is 0 Å². The normalized spacial score (nSPS) is 21.3. The van der Waals surface area contributed by atoms with Gasteiger partial charge in [-0.15, -0.1) is 0 Å². The Balaban J connectivity index is 2.12. The monoisotopic (exact) mass is 175 g/mol. The average molecular weight is 175 g/mol. The fourth-order valence-electron chi connectivity index (χ4n) is 1.39. The molecule has 0 aliphatic carbocycles. The first-order valence-electron chi connectivity index (χ1n) is 4.47. The van der Waals surface area contributed by atoms with E-state index in [0.717, 1.165) is 12.2 Å². The molecule has 1 atom stereocenters. The van der Waals surface area contributed by atoms with E-state index in [1.807, 2.05) is 25.1 Å². The summed E-state index contributed by atoms with van der Waals surface area (Å²) in [5.74, 6) is 0. The third-order valence-corrected chi connectivity index (χ3v) is 2.15. The van der Waals surface area contributed by atoms with Crippen molar-refractivity contribution in [3.05, 3.63) is 47.9 Å². The zero-order valence-corrected chi connectivity index (χ0v) is 7.66. The van der Waals surface area contributed by atoms with Gasteiger partial charge in [-0.25, -0.2) is 0 Å². The summed E-state index contributed by atoms with van der Waals surface area (Å²) in [5.41, 5.74) is 2.31. The Bertz CT molecular complexity index is 305. The van der Waals surface area contributed by atoms with Crippen molar-refractivity contribution in [1.29, 1.82) is 0 Å². The number of rotatable bonds is 1. The van der Waals surface area contributed by atoms with Crippen LogP contribution in [0, 0.1) is 0 Å². The molecule has 13 heavy (non-hydrogen) atoms. The van der Waals surface area contributed by atoms with E-state index in [0.29, 0.717) is 0 Å². The first-order chi connectivity index (χ1) is 6.36. The number of benzene rings is 1. The highest BCUT2D eigenvalue weighted by atomic mass is 16.5. The van der Waals surface area contributed by atoms with E-state index in [1.165, 1.54) is 5.56 Å². The number of ether oxygens (including phenoxy) is 1. The third kappa shape index (κ3) is 1.83. The van der Waals surface area contributed by atoms with Crippen LogP contribution in [0.5, 0.6) is 0 Å². The second-order valence-electron chi connectivity index (χ2n) is 3.22. The fraction of sp³-hybridized carbons (Fsp3) is 0.273. The summed E-state index contributed by atoms with van der Waals surface area (Å²) in [4.78, 5) is 0. The summed E-state index contributed by atoms with van der Waals surface area (Å²) in [6.45, 7) is 2.85. The van der Waals surface area contributed by atoms with Crippen LogP contribution >= 0.6 is 0 Å². The van der Waals surface area contributed by atoms with Gasteiger partial charge >= 0.3 is 0 Å². The molecule has 1 unspecified atom stereocenters. The largest absolute Gasteiger partial charge is 0.490 e. The molecule has 1 aliphatic rings. The summed E-state index contributed by atoms with van der Waals surface area (Å²) in [5, 5.41) is 3.27. The molecule has 2 nitrogen and oxygen atoms in total. The standard InChI is InChI=1S/C11H13NO/c1-9-8-13-11(7-12-9)10-5-3-2-4-6-10/h2-6,8,11-12H,7H2,1H3. The minimum atomic E-state index is 0.157. The summed E-state index contributed by atoms with van der Waals surface area (Å²) in [6, 6.07) is 10.2. The molecule has 1 aliphatic heterocycles. The van der Waals surface area contributed by atoms with Crippen molar-refractivity contribution in [3.63, 3.8) is 0 Å². The maximum Gasteiger partial charge on any atom is 0.140 e. The fourth-order valence-corrected chi connectivity index (χ4v) is 1.39. The topological polar surface area (TPSA) is 21.3 Å². The lowest BCUT2D eigenvalue weighted by Gasteiger charge is -2.23. The van der Waals surface area contributed by atoms with Crippen LogP contribution < -0.4 is 5.32 Å². The van der Waals surface area contributed by atoms with Crippen LogP contribution in [-0.4, -0.2) is 6.54 Å². The molecule has 2 heteroatoms. The van der Waals surface area contributed by atoms with Gasteiger partial charge in [0.25, 0.3) is 0 Å². The zero-order chi connectivity index (χ0) is 9.10. The van der Waals surface area contributed by atoms with Crippen molar-refractivity contribution in [2.45, 2.75) is 13.0 Å². The van der Waals surface area contributed by atoms with Gasteiger partial charge in [-0.2, -0.15) is 0 Å². The molecule has 1 heterocycles. The van der Waals surface area contributed by atoms with E-state index in [1.54, 1.807) is 6.26 Å². The Morgan fingerprint density at radius 3 is 2.69 bits per heavy atom. The van der Waals surface area contributed by atoms with Crippen LogP contribution in [0.15, 0.2) is 42.3 Å². The Kier molecular flexibility index (Phi) is 2.21. The summed E-state index contributed by atoms with van der Waals surface area (Å²) < 4.78 is 5.55. The van der Waals surface area contributed by atoms with E-state index < -0.39 is 0 Å². The molecule has 0 aromatic heterocycles. The van der Waals surface area contributed by atoms with Gasteiger partial charge < -0.3 is 10.1 Å². The molecule has 0 radical (unpaired) electrons. The quantitative estimate of drug-likeness (QED) is 0.706. The molecular formula is C11H13NO. The second-order valence-corrected chi connectivity index (χ2v) is 3.22. The lowest BCUT2D eigenvalue weighted by atomic mass is 10.1. The van der Waals surface area contributed by atoms with E-state index >= 15 is 0 Å². The maximum absolute atomic E-state index is 5.55. The summed E-state index contributed by atoms with van der Waals surface area (Å²) >= 11 is 0. The summed E-state index contributed by atoms with van der Waals surface area (Å²) in [7, 11) is 0. The first-order valence-corrected chi connectivity index (χ1v) is 4.47. The van der Waals surface area contributed by atoms with Crippen LogP contribution in [0.3, 0.4) is 0 Å². The molecule has 2 rings (SSSR count). The maximum atomic E-state index is 5.55. The Labute approximate surface area is 78.2 Å². The molecule has 0 saturated carbocycles. The van der Waals surface area contributed by atoms with Gasteiger partial charge in [0.1, 0.15) is 12.4 Å². The van der Waals surface area contributed by atoms with Gasteiger partial charge in [0, 0.05) is 5.70 Å². The van der Waals surface area contributed by atoms with Crippen molar-refractivity contribution >= 4 is 0 Å². The molecule has 0 fully saturated rings. The Morgan fingerprint density at radius 2 is 2.08 bits per heavy atom.